The molecule has 1 aromatic rings. The molecule has 0 spiro atoms. The van der Waals surface area contributed by atoms with E-state index in [0.29, 0.717) is 0 Å². The minimum Gasteiger partial charge on any atom is -0.327 e. The fourth-order valence-corrected chi connectivity index (χ4v) is 3.74. The highest BCUT2D eigenvalue weighted by Gasteiger charge is 2.34. The van der Waals surface area contributed by atoms with Gasteiger partial charge in [-0.15, -0.1) is 0 Å². The minimum atomic E-state index is 0.173. The predicted octanol–water partition coefficient (Wildman–Crippen LogP) is 3.96. The van der Waals surface area contributed by atoms with Crippen LogP contribution in [0, 0.1) is 5.41 Å². The Balaban J connectivity index is 2.18. The van der Waals surface area contributed by atoms with Crippen LogP contribution in [0.5, 0.6) is 0 Å². The van der Waals surface area contributed by atoms with Crippen LogP contribution < -0.4 is 5.73 Å². The van der Waals surface area contributed by atoms with Crippen LogP contribution in [0.4, 0.5) is 0 Å². The Morgan fingerprint density at radius 3 is 2.50 bits per heavy atom. The summed E-state index contributed by atoms with van der Waals surface area (Å²) in [6.45, 7) is 7.41. The number of aromatic nitrogens is 2. The van der Waals surface area contributed by atoms with Gasteiger partial charge in [-0.25, -0.2) is 0 Å². The van der Waals surface area contributed by atoms with E-state index in [1.54, 1.807) is 0 Å². The van der Waals surface area contributed by atoms with Gasteiger partial charge in [0.25, 0.3) is 0 Å². The molecule has 0 aromatic carbocycles. The molecule has 1 atom stereocenters. The SMILES string of the molecule is CCc1nn(CC)c(CC(N)C2(C)CCCCC2)c1Cl. The molecule has 1 aromatic heterocycles. The topological polar surface area (TPSA) is 43.8 Å². The molecule has 1 unspecified atom stereocenters. The third kappa shape index (κ3) is 3.04. The molecule has 1 fully saturated rings. The molecular formula is C16H28ClN3. The highest BCUT2D eigenvalue weighted by Crippen LogP contribution is 2.39. The molecule has 1 aliphatic carbocycles. The van der Waals surface area contributed by atoms with Crippen molar-refractivity contribution >= 4 is 11.6 Å². The van der Waals surface area contributed by atoms with E-state index in [9.17, 15) is 0 Å². The van der Waals surface area contributed by atoms with Crippen LogP contribution in [0.2, 0.25) is 5.02 Å². The average molecular weight is 298 g/mol. The number of halogens is 1. The molecule has 0 amide bonds. The fourth-order valence-electron chi connectivity index (χ4n) is 3.40. The second-order valence-corrected chi connectivity index (χ2v) is 6.78. The van der Waals surface area contributed by atoms with Crippen molar-refractivity contribution in [3.8, 4) is 0 Å². The van der Waals surface area contributed by atoms with Crippen molar-refractivity contribution in [1.82, 2.24) is 9.78 Å². The van der Waals surface area contributed by atoms with Crippen molar-refractivity contribution in [1.29, 1.82) is 0 Å². The Labute approximate surface area is 127 Å². The third-order valence-corrected chi connectivity index (χ3v) is 5.43. The Morgan fingerprint density at radius 1 is 1.30 bits per heavy atom. The summed E-state index contributed by atoms with van der Waals surface area (Å²) >= 11 is 6.50. The highest BCUT2D eigenvalue weighted by atomic mass is 35.5. The predicted molar refractivity (Wildman–Crippen MR) is 85.2 cm³/mol. The highest BCUT2D eigenvalue weighted by molar-refractivity contribution is 6.31. The Kier molecular flexibility index (Phi) is 5.14. The quantitative estimate of drug-likeness (QED) is 0.894. The first-order chi connectivity index (χ1) is 9.51. The molecule has 114 valence electrons. The number of nitrogens with two attached hydrogens (primary N) is 1. The number of hydrogen-bond acceptors (Lipinski definition) is 2. The zero-order valence-corrected chi connectivity index (χ0v) is 13.8. The van der Waals surface area contributed by atoms with Gasteiger partial charge in [0.1, 0.15) is 0 Å². The van der Waals surface area contributed by atoms with Crippen LogP contribution in [0.25, 0.3) is 0 Å². The van der Waals surface area contributed by atoms with E-state index < -0.39 is 0 Å². The van der Waals surface area contributed by atoms with Crippen LogP contribution in [0.1, 0.15) is 64.3 Å². The molecular weight excluding hydrogens is 270 g/mol. The molecule has 1 saturated carbocycles. The lowest BCUT2D eigenvalue weighted by Gasteiger charge is -2.39. The maximum atomic E-state index is 6.56. The molecule has 2 N–H and O–H groups in total. The Morgan fingerprint density at radius 2 is 1.95 bits per heavy atom. The van der Waals surface area contributed by atoms with E-state index in [0.717, 1.165) is 35.8 Å². The van der Waals surface area contributed by atoms with Gasteiger partial charge < -0.3 is 5.73 Å². The first kappa shape index (κ1) is 15.8. The normalized spacial score (nSPS) is 20.1. The van der Waals surface area contributed by atoms with Crippen molar-refractivity contribution in [2.75, 3.05) is 0 Å². The van der Waals surface area contributed by atoms with Gasteiger partial charge in [0.2, 0.25) is 0 Å². The summed E-state index contributed by atoms with van der Waals surface area (Å²) in [5.74, 6) is 0. The number of aryl methyl sites for hydroxylation is 2. The molecule has 1 aliphatic rings. The van der Waals surface area contributed by atoms with Crippen molar-refractivity contribution in [2.45, 2.75) is 78.3 Å². The van der Waals surface area contributed by atoms with E-state index in [-0.39, 0.29) is 11.5 Å². The van der Waals surface area contributed by atoms with Gasteiger partial charge in [-0.05, 0) is 31.6 Å². The maximum absolute atomic E-state index is 6.56. The summed E-state index contributed by atoms with van der Waals surface area (Å²) in [6, 6.07) is 0.173. The first-order valence-electron chi connectivity index (χ1n) is 8.01. The van der Waals surface area contributed by atoms with E-state index in [4.69, 9.17) is 17.3 Å². The zero-order valence-electron chi connectivity index (χ0n) is 13.1. The van der Waals surface area contributed by atoms with Gasteiger partial charge in [-0.3, -0.25) is 4.68 Å². The van der Waals surface area contributed by atoms with Crippen molar-refractivity contribution in [3.05, 3.63) is 16.4 Å². The van der Waals surface area contributed by atoms with Crippen LogP contribution >= 0.6 is 11.6 Å². The zero-order chi connectivity index (χ0) is 14.8. The standard InChI is InChI=1S/C16H28ClN3/c1-4-12-15(17)13(20(5-2)19-12)11-14(18)16(3)9-7-6-8-10-16/h14H,4-11,18H2,1-3H3. The Hall–Kier alpha value is -0.540. The van der Waals surface area contributed by atoms with Gasteiger partial charge in [-0.1, -0.05) is 44.7 Å². The average Bonchev–Trinajstić information content (AvgIpc) is 2.76. The van der Waals surface area contributed by atoms with Crippen molar-refractivity contribution < 1.29 is 0 Å². The fraction of sp³-hybridized carbons (Fsp3) is 0.812. The smallest absolute Gasteiger partial charge is 0.0850 e. The molecule has 4 heteroatoms. The third-order valence-electron chi connectivity index (χ3n) is 5.00. The summed E-state index contributed by atoms with van der Waals surface area (Å²) < 4.78 is 2.03. The second-order valence-electron chi connectivity index (χ2n) is 6.40. The van der Waals surface area contributed by atoms with Crippen molar-refractivity contribution in [2.24, 2.45) is 11.1 Å². The number of rotatable bonds is 5. The largest absolute Gasteiger partial charge is 0.327 e. The molecule has 20 heavy (non-hydrogen) atoms. The summed E-state index contributed by atoms with van der Waals surface area (Å²) in [6.07, 6.45) is 8.19. The lowest BCUT2D eigenvalue weighted by molar-refractivity contribution is 0.167. The first-order valence-corrected chi connectivity index (χ1v) is 8.39. The van der Waals surface area contributed by atoms with Crippen LogP contribution in [-0.2, 0) is 19.4 Å². The Bertz CT molecular complexity index is 447. The van der Waals surface area contributed by atoms with Gasteiger partial charge in [-0.2, -0.15) is 5.10 Å². The number of nitrogens with zero attached hydrogens (tertiary/aromatic N) is 2. The minimum absolute atomic E-state index is 0.173. The van der Waals surface area contributed by atoms with E-state index >= 15 is 0 Å². The lowest BCUT2D eigenvalue weighted by Crippen LogP contribution is -2.43. The van der Waals surface area contributed by atoms with Crippen molar-refractivity contribution in [3.63, 3.8) is 0 Å². The summed E-state index contributed by atoms with van der Waals surface area (Å²) in [5.41, 5.74) is 8.95. The molecule has 0 aliphatic heterocycles. The second kappa shape index (κ2) is 6.48. The molecule has 3 nitrogen and oxygen atoms in total. The molecule has 2 rings (SSSR count). The number of hydrogen-bond donors (Lipinski definition) is 1. The van der Waals surface area contributed by atoms with Gasteiger partial charge in [0, 0.05) is 19.0 Å². The monoisotopic (exact) mass is 297 g/mol. The van der Waals surface area contributed by atoms with E-state index in [2.05, 4.69) is 25.9 Å². The summed E-state index contributed by atoms with van der Waals surface area (Å²) in [5, 5.41) is 5.43. The molecule has 0 bridgehead atoms. The van der Waals surface area contributed by atoms with Gasteiger partial charge in [0.15, 0.2) is 0 Å². The lowest BCUT2D eigenvalue weighted by atomic mass is 9.69. The van der Waals surface area contributed by atoms with Gasteiger partial charge >= 0.3 is 0 Å². The molecule has 0 saturated heterocycles. The maximum Gasteiger partial charge on any atom is 0.0850 e. The van der Waals surface area contributed by atoms with Crippen LogP contribution in [0.15, 0.2) is 0 Å². The van der Waals surface area contributed by atoms with Crippen LogP contribution in [0.3, 0.4) is 0 Å². The van der Waals surface area contributed by atoms with E-state index in [1.807, 2.05) is 4.68 Å². The summed E-state index contributed by atoms with van der Waals surface area (Å²) in [7, 11) is 0. The van der Waals surface area contributed by atoms with Gasteiger partial charge in [0.05, 0.1) is 16.4 Å². The molecule has 1 heterocycles. The summed E-state index contributed by atoms with van der Waals surface area (Å²) in [4.78, 5) is 0. The van der Waals surface area contributed by atoms with E-state index in [1.165, 1.54) is 32.1 Å². The van der Waals surface area contributed by atoms with Crippen LogP contribution in [-0.4, -0.2) is 15.8 Å². The molecule has 0 radical (unpaired) electrons.